The molecule has 2 rings (SSSR count). The van der Waals surface area contributed by atoms with E-state index in [1.54, 1.807) is 50.3 Å². The summed E-state index contributed by atoms with van der Waals surface area (Å²) in [5.41, 5.74) is -5.59. The van der Waals surface area contributed by atoms with Crippen molar-refractivity contribution in [2.24, 2.45) is 10.8 Å². The molecule has 0 saturated heterocycles. The molecule has 0 N–H and O–H groups in total. The molecule has 0 aromatic carbocycles. The molecule has 2 aliphatic rings. The number of nitriles is 4. The smallest absolute Gasteiger partial charge is 0.355 e. The largest absolute Gasteiger partial charge is 0.466 e. The Bertz CT molecular complexity index is 965. The summed E-state index contributed by atoms with van der Waals surface area (Å²) in [6.07, 6.45) is 4.57. The van der Waals surface area contributed by atoms with E-state index in [0.717, 1.165) is 7.11 Å². The molecule has 0 aromatic heterocycles. The molecule has 0 spiro atoms. The zero-order valence-electron chi connectivity index (χ0n) is 15.4. The summed E-state index contributed by atoms with van der Waals surface area (Å²) >= 11 is 0. The third-order valence-corrected chi connectivity index (χ3v) is 4.72. The second-order valence-electron chi connectivity index (χ2n) is 5.95. The van der Waals surface area contributed by atoms with Crippen molar-refractivity contribution in [2.75, 3.05) is 13.7 Å². The number of methoxy groups -OCH3 is 1. The van der Waals surface area contributed by atoms with Gasteiger partial charge in [-0.15, -0.1) is 0 Å². The minimum atomic E-state index is -2.59. The van der Waals surface area contributed by atoms with Gasteiger partial charge in [-0.3, -0.25) is 0 Å². The molecule has 0 aliphatic carbocycles. The predicted molar refractivity (Wildman–Crippen MR) is 91.5 cm³/mol. The summed E-state index contributed by atoms with van der Waals surface area (Å²) in [7, 11) is 1.00. The lowest BCUT2D eigenvalue weighted by Gasteiger charge is -2.49. The Morgan fingerprint density at radius 2 is 1.75 bits per heavy atom. The number of carbonyl (C=O) groups excluding carboxylic acids is 2. The molecule has 9 nitrogen and oxygen atoms in total. The van der Waals surface area contributed by atoms with Crippen molar-refractivity contribution in [2.45, 2.75) is 19.9 Å². The second kappa shape index (κ2) is 7.27. The molecule has 1 unspecified atom stereocenters. The van der Waals surface area contributed by atoms with E-state index in [-0.39, 0.29) is 6.61 Å². The van der Waals surface area contributed by atoms with Gasteiger partial charge in [0.2, 0.25) is 10.8 Å². The Labute approximate surface area is 161 Å². The lowest BCUT2D eigenvalue weighted by molar-refractivity contribution is -0.144. The van der Waals surface area contributed by atoms with Crippen molar-refractivity contribution in [1.82, 2.24) is 4.90 Å². The highest BCUT2D eigenvalue weighted by molar-refractivity contribution is 6.03. The number of fused-ring (bicyclic) bond motifs is 1. The molecule has 1 atom stereocenters. The molecule has 0 amide bonds. The minimum Gasteiger partial charge on any atom is -0.466 e. The van der Waals surface area contributed by atoms with Gasteiger partial charge in [-0.2, -0.15) is 21.0 Å². The normalized spacial score (nSPS) is 21.0. The van der Waals surface area contributed by atoms with Crippen molar-refractivity contribution in [1.29, 1.82) is 21.0 Å². The summed E-state index contributed by atoms with van der Waals surface area (Å²) in [4.78, 5) is 26.7. The monoisotopic (exact) mass is 377 g/mol. The molecule has 28 heavy (non-hydrogen) atoms. The first-order chi connectivity index (χ1) is 13.3. The highest BCUT2D eigenvalue weighted by Gasteiger charge is 2.69. The van der Waals surface area contributed by atoms with E-state index in [1.807, 2.05) is 0 Å². The van der Waals surface area contributed by atoms with Gasteiger partial charge in [0.1, 0.15) is 11.3 Å². The van der Waals surface area contributed by atoms with E-state index >= 15 is 0 Å². The molecule has 0 radical (unpaired) electrons. The Hall–Kier alpha value is -4.08. The van der Waals surface area contributed by atoms with Gasteiger partial charge in [0.15, 0.2) is 0 Å². The van der Waals surface area contributed by atoms with Crippen LogP contribution in [-0.2, 0) is 19.1 Å². The maximum absolute atomic E-state index is 12.8. The lowest BCUT2D eigenvalue weighted by atomic mass is 9.55. The third kappa shape index (κ3) is 2.35. The van der Waals surface area contributed by atoms with Crippen molar-refractivity contribution in [3.8, 4) is 24.3 Å². The molecule has 0 saturated carbocycles. The zero-order valence-corrected chi connectivity index (χ0v) is 15.4. The summed E-state index contributed by atoms with van der Waals surface area (Å²) in [6, 6.07) is 5.63. The number of esters is 2. The summed E-state index contributed by atoms with van der Waals surface area (Å²) in [5.74, 6) is -2.16. The second-order valence-corrected chi connectivity index (χ2v) is 5.95. The molecule has 9 heteroatoms. The van der Waals surface area contributed by atoms with Crippen LogP contribution in [0, 0.1) is 56.2 Å². The number of rotatable bonds is 3. The van der Waals surface area contributed by atoms with E-state index in [1.165, 1.54) is 11.0 Å². The zero-order chi connectivity index (χ0) is 21.1. The standard InChI is InChI=1S/C19H15N5O4/c1-4-28-17(26)15-14(16(25)27-3)19(10-22,11-23)18(8-20,9-21)13-7-5-6-12(2)24(13)15/h5-7,13H,4H2,1-3H3. The van der Waals surface area contributed by atoms with Crippen molar-refractivity contribution >= 4 is 11.9 Å². The molecular weight excluding hydrogens is 362 g/mol. The summed E-state index contributed by atoms with van der Waals surface area (Å²) < 4.78 is 9.75. The quantitative estimate of drug-likeness (QED) is 0.660. The maximum atomic E-state index is 12.8. The molecule has 2 aliphatic heterocycles. The van der Waals surface area contributed by atoms with Crippen LogP contribution in [0.1, 0.15) is 13.8 Å². The number of carbonyl (C=O) groups is 2. The minimum absolute atomic E-state index is 0.0400. The molecule has 0 fully saturated rings. The fourth-order valence-corrected chi connectivity index (χ4v) is 3.45. The fourth-order valence-electron chi connectivity index (χ4n) is 3.45. The Morgan fingerprint density at radius 3 is 2.21 bits per heavy atom. The Kier molecular flexibility index (Phi) is 5.25. The number of hydrogen-bond donors (Lipinski definition) is 0. The predicted octanol–water partition coefficient (Wildman–Crippen LogP) is 1.20. The first-order valence-corrected chi connectivity index (χ1v) is 8.15. The van der Waals surface area contributed by atoms with Crippen LogP contribution in [0.4, 0.5) is 0 Å². The number of nitrogens with zero attached hydrogens (tertiary/aromatic N) is 5. The molecular formula is C19H15N5O4. The van der Waals surface area contributed by atoms with Crippen molar-refractivity contribution in [3.05, 3.63) is 35.2 Å². The molecule has 2 heterocycles. The van der Waals surface area contributed by atoms with Crippen LogP contribution >= 0.6 is 0 Å². The van der Waals surface area contributed by atoms with Gasteiger partial charge in [0, 0.05) is 5.70 Å². The van der Waals surface area contributed by atoms with Crippen LogP contribution in [0.15, 0.2) is 35.2 Å². The van der Waals surface area contributed by atoms with E-state index in [9.17, 15) is 30.6 Å². The number of ether oxygens (including phenoxy) is 2. The van der Waals surface area contributed by atoms with Crippen LogP contribution in [0.2, 0.25) is 0 Å². The van der Waals surface area contributed by atoms with Crippen LogP contribution in [0.3, 0.4) is 0 Å². The van der Waals surface area contributed by atoms with Crippen LogP contribution < -0.4 is 0 Å². The van der Waals surface area contributed by atoms with Crippen LogP contribution in [0.25, 0.3) is 0 Å². The maximum Gasteiger partial charge on any atom is 0.355 e. The Balaban J connectivity index is 3.13. The summed E-state index contributed by atoms with van der Waals surface area (Å²) in [5, 5.41) is 39.7. The SMILES string of the molecule is CCOC(=O)C1=C(C(=O)OC)C(C#N)(C#N)C(C#N)(C#N)C2C=CC=C(C)N12. The number of hydrogen-bond acceptors (Lipinski definition) is 9. The van der Waals surface area contributed by atoms with Gasteiger partial charge in [-0.05, 0) is 19.9 Å². The first kappa shape index (κ1) is 20.2. The van der Waals surface area contributed by atoms with Gasteiger partial charge in [0.25, 0.3) is 0 Å². The van der Waals surface area contributed by atoms with Gasteiger partial charge < -0.3 is 14.4 Å². The highest BCUT2D eigenvalue weighted by atomic mass is 16.5. The van der Waals surface area contributed by atoms with E-state index in [2.05, 4.69) is 0 Å². The van der Waals surface area contributed by atoms with Crippen molar-refractivity contribution in [3.63, 3.8) is 0 Å². The summed E-state index contributed by atoms with van der Waals surface area (Å²) in [6.45, 7) is 3.10. The van der Waals surface area contributed by atoms with Gasteiger partial charge in [-0.1, -0.05) is 12.2 Å². The average molecular weight is 377 g/mol. The van der Waals surface area contributed by atoms with Crippen LogP contribution in [-0.4, -0.2) is 36.6 Å². The third-order valence-electron chi connectivity index (χ3n) is 4.72. The van der Waals surface area contributed by atoms with E-state index in [4.69, 9.17) is 9.47 Å². The van der Waals surface area contributed by atoms with E-state index < -0.39 is 40.1 Å². The van der Waals surface area contributed by atoms with Crippen molar-refractivity contribution < 1.29 is 19.1 Å². The molecule has 140 valence electrons. The average Bonchev–Trinajstić information content (AvgIpc) is 2.71. The first-order valence-electron chi connectivity index (χ1n) is 8.15. The topological polar surface area (TPSA) is 151 Å². The van der Waals surface area contributed by atoms with Gasteiger partial charge >= 0.3 is 11.9 Å². The molecule has 0 bridgehead atoms. The lowest BCUT2D eigenvalue weighted by Crippen LogP contribution is -2.61. The molecule has 0 aromatic rings. The highest BCUT2D eigenvalue weighted by Crippen LogP contribution is 2.55. The van der Waals surface area contributed by atoms with Crippen LogP contribution in [0.5, 0.6) is 0 Å². The van der Waals surface area contributed by atoms with E-state index in [0.29, 0.717) is 5.70 Å². The number of allylic oxidation sites excluding steroid dienone is 3. The fraction of sp³-hybridized carbons (Fsp3) is 0.368. The van der Waals surface area contributed by atoms with Gasteiger partial charge in [-0.25, -0.2) is 9.59 Å². The van der Waals surface area contributed by atoms with Gasteiger partial charge in [0.05, 0.1) is 44.0 Å². The Morgan fingerprint density at radius 1 is 1.14 bits per heavy atom.